The SMILES string of the molecule is C[NH+]1CCC(Oc2ccccc2Sc2ccccc2C(F)(F)F)CC1. The highest BCUT2D eigenvalue weighted by molar-refractivity contribution is 7.99. The zero-order valence-electron chi connectivity index (χ0n) is 14.0. The summed E-state index contributed by atoms with van der Waals surface area (Å²) in [5, 5.41) is 0. The maximum Gasteiger partial charge on any atom is 0.417 e. The number of hydrogen-bond donors (Lipinski definition) is 1. The number of para-hydroxylation sites is 1. The number of hydrogen-bond acceptors (Lipinski definition) is 2. The van der Waals surface area contributed by atoms with Crippen molar-refractivity contribution in [1.82, 2.24) is 0 Å². The van der Waals surface area contributed by atoms with Crippen LogP contribution in [0.3, 0.4) is 0 Å². The van der Waals surface area contributed by atoms with Gasteiger partial charge >= 0.3 is 6.18 Å². The van der Waals surface area contributed by atoms with Crippen LogP contribution < -0.4 is 9.64 Å². The Labute approximate surface area is 150 Å². The number of piperidine rings is 1. The van der Waals surface area contributed by atoms with Gasteiger partial charge in [0.25, 0.3) is 0 Å². The molecule has 0 unspecified atom stereocenters. The van der Waals surface area contributed by atoms with Crippen molar-refractivity contribution in [1.29, 1.82) is 0 Å². The lowest BCUT2D eigenvalue weighted by Gasteiger charge is -2.27. The highest BCUT2D eigenvalue weighted by atomic mass is 32.2. The molecule has 0 aromatic heterocycles. The van der Waals surface area contributed by atoms with Gasteiger partial charge in [0.05, 0.1) is 30.6 Å². The van der Waals surface area contributed by atoms with E-state index in [1.807, 2.05) is 24.3 Å². The van der Waals surface area contributed by atoms with Gasteiger partial charge in [0.1, 0.15) is 11.9 Å². The van der Waals surface area contributed by atoms with E-state index in [4.69, 9.17) is 4.74 Å². The van der Waals surface area contributed by atoms with Gasteiger partial charge in [-0.1, -0.05) is 36.0 Å². The van der Waals surface area contributed by atoms with E-state index in [2.05, 4.69) is 7.05 Å². The summed E-state index contributed by atoms with van der Waals surface area (Å²) < 4.78 is 45.8. The Hall–Kier alpha value is -1.66. The molecule has 6 heteroatoms. The minimum atomic E-state index is -4.36. The first-order valence-electron chi connectivity index (χ1n) is 8.34. The molecule has 0 spiro atoms. The van der Waals surface area contributed by atoms with Crippen LogP contribution in [-0.4, -0.2) is 26.2 Å². The van der Waals surface area contributed by atoms with E-state index >= 15 is 0 Å². The molecule has 2 aromatic carbocycles. The molecule has 1 heterocycles. The second kappa shape index (κ2) is 7.70. The molecule has 25 heavy (non-hydrogen) atoms. The van der Waals surface area contributed by atoms with Crippen molar-refractivity contribution in [2.45, 2.75) is 34.9 Å². The Morgan fingerprint density at radius 1 is 0.960 bits per heavy atom. The van der Waals surface area contributed by atoms with Crippen LogP contribution in [0.2, 0.25) is 0 Å². The summed E-state index contributed by atoms with van der Waals surface area (Å²) in [5.41, 5.74) is -0.613. The van der Waals surface area contributed by atoms with Crippen molar-refractivity contribution in [2.24, 2.45) is 0 Å². The van der Waals surface area contributed by atoms with Crippen LogP contribution in [0.15, 0.2) is 58.3 Å². The Morgan fingerprint density at radius 3 is 2.24 bits per heavy atom. The van der Waals surface area contributed by atoms with Crippen LogP contribution in [0.1, 0.15) is 18.4 Å². The number of halogens is 3. The Balaban J connectivity index is 1.80. The van der Waals surface area contributed by atoms with E-state index in [-0.39, 0.29) is 11.0 Å². The van der Waals surface area contributed by atoms with Crippen molar-refractivity contribution < 1.29 is 22.8 Å². The zero-order chi connectivity index (χ0) is 17.9. The van der Waals surface area contributed by atoms with E-state index in [1.165, 1.54) is 17.0 Å². The monoisotopic (exact) mass is 368 g/mol. The second-order valence-electron chi connectivity index (χ2n) is 6.32. The number of quaternary nitrogens is 1. The summed E-state index contributed by atoms with van der Waals surface area (Å²) in [7, 11) is 2.16. The maximum absolute atomic E-state index is 13.2. The zero-order valence-corrected chi connectivity index (χ0v) is 14.8. The third-order valence-electron chi connectivity index (χ3n) is 4.34. The average Bonchev–Trinajstić information content (AvgIpc) is 2.58. The summed E-state index contributed by atoms with van der Waals surface area (Å²) in [6, 6.07) is 13.0. The topological polar surface area (TPSA) is 13.7 Å². The average molecular weight is 368 g/mol. The molecule has 1 aliphatic rings. The first-order chi connectivity index (χ1) is 11.9. The molecule has 134 valence electrons. The van der Waals surface area contributed by atoms with Gasteiger partial charge in [-0.2, -0.15) is 13.2 Å². The number of alkyl halides is 3. The van der Waals surface area contributed by atoms with E-state index in [1.54, 1.807) is 6.07 Å². The van der Waals surface area contributed by atoms with Gasteiger partial charge in [-0.3, -0.25) is 0 Å². The van der Waals surface area contributed by atoms with Gasteiger partial charge in [0.2, 0.25) is 0 Å². The minimum absolute atomic E-state index is 0.128. The molecule has 1 aliphatic heterocycles. The van der Waals surface area contributed by atoms with Gasteiger partial charge in [0, 0.05) is 17.7 Å². The molecule has 0 bridgehead atoms. The number of rotatable bonds is 4. The third-order valence-corrected chi connectivity index (χ3v) is 5.47. The summed E-state index contributed by atoms with van der Waals surface area (Å²) in [4.78, 5) is 2.39. The van der Waals surface area contributed by atoms with E-state index in [0.717, 1.165) is 43.8 Å². The predicted octanol–water partition coefficient (Wildman–Crippen LogP) is 3.91. The number of benzene rings is 2. The molecule has 2 nitrogen and oxygen atoms in total. The smallest absolute Gasteiger partial charge is 0.417 e. The molecule has 0 radical (unpaired) electrons. The molecule has 0 aliphatic carbocycles. The highest BCUT2D eigenvalue weighted by Crippen LogP contribution is 2.42. The quantitative estimate of drug-likeness (QED) is 0.879. The molecular formula is C19H21F3NOS+. The summed E-state index contributed by atoms with van der Waals surface area (Å²) >= 11 is 1.11. The predicted molar refractivity (Wildman–Crippen MR) is 92.3 cm³/mol. The lowest BCUT2D eigenvalue weighted by Crippen LogP contribution is -3.10. The lowest BCUT2D eigenvalue weighted by atomic mass is 10.1. The van der Waals surface area contributed by atoms with Gasteiger partial charge in [-0.05, 0) is 24.3 Å². The number of ether oxygens (including phenoxy) is 1. The minimum Gasteiger partial charge on any atom is -0.489 e. The fourth-order valence-electron chi connectivity index (χ4n) is 2.92. The van der Waals surface area contributed by atoms with Gasteiger partial charge in [0.15, 0.2) is 0 Å². The fraction of sp³-hybridized carbons (Fsp3) is 0.368. The van der Waals surface area contributed by atoms with Gasteiger partial charge in [-0.15, -0.1) is 0 Å². The van der Waals surface area contributed by atoms with E-state index < -0.39 is 11.7 Å². The van der Waals surface area contributed by atoms with Gasteiger partial charge in [-0.25, -0.2) is 0 Å². The lowest BCUT2D eigenvalue weighted by molar-refractivity contribution is -0.885. The van der Waals surface area contributed by atoms with Crippen LogP contribution in [0.4, 0.5) is 13.2 Å². The van der Waals surface area contributed by atoms with Crippen LogP contribution >= 0.6 is 11.8 Å². The van der Waals surface area contributed by atoms with Crippen LogP contribution in [0.25, 0.3) is 0 Å². The molecule has 1 fully saturated rings. The van der Waals surface area contributed by atoms with E-state index in [9.17, 15) is 13.2 Å². The van der Waals surface area contributed by atoms with Gasteiger partial charge < -0.3 is 9.64 Å². The second-order valence-corrected chi connectivity index (χ2v) is 7.40. The molecule has 1 N–H and O–H groups in total. The first kappa shape index (κ1) is 18.1. The molecule has 3 rings (SSSR count). The van der Waals surface area contributed by atoms with Crippen molar-refractivity contribution in [3.05, 3.63) is 54.1 Å². The van der Waals surface area contributed by atoms with Crippen LogP contribution in [-0.2, 0) is 6.18 Å². The molecule has 2 aromatic rings. The molecule has 0 amide bonds. The summed E-state index contributed by atoms with van der Waals surface area (Å²) in [6.45, 7) is 2.10. The molecule has 1 saturated heterocycles. The number of likely N-dealkylation sites (tertiary alicyclic amines) is 1. The molecule has 0 saturated carbocycles. The Morgan fingerprint density at radius 2 is 1.56 bits per heavy atom. The normalized spacial score (nSPS) is 21.1. The van der Waals surface area contributed by atoms with Crippen molar-refractivity contribution in [2.75, 3.05) is 20.1 Å². The highest BCUT2D eigenvalue weighted by Gasteiger charge is 2.33. The van der Waals surface area contributed by atoms with Crippen molar-refractivity contribution in [3.8, 4) is 5.75 Å². The molecule has 0 atom stereocenters. The van der Waals surface area contributed by atoms with Crippen LogP contribution in [0, 0.1) is 0 Å². The standard InChI is InChI=1S/C19H20F3NOS/c1-23-12-10-14(11-13-23)24-16-7-3-5-9-18(16)25-17-8-4-2-6-15(17)19(20,21)22/h2-9,14H,10-13H2,1H3/p+1. The van der Waals surface area contributed by atoms with Crippen molar-refractivity contribution in [3.63, 3.8) is 0 Å². The summed E-state index contributed by atoms with van der Waals surface area (Å²) in [6.07, 6.45) is -2.31. The van der Waals surface area contributed by atoms with Crippen molar-refractivity contribution >= 4 is 11.8 Å². The van der Waals surface area contributed by atoms with E-state index in [0.29, 0.717) is 10.6 Å². The maximum atomic E-state index is 13.2. The molecular weight excluding hydrogens is 347 g/mol. The fourth-order valence-corrected chi connectivity index (χ4v) is 3.96. The Kier molecular flexibility index (Phi) is 5.59. The van der Waals surface area contributed by atoms with Crippen LogP contribution in [0.5, 0.6) is 5.75 Å². The number of nitrogens with one attached hydrogen (secondary N) is 1. The largest absolute Gasteiger partial charge is 0.489 e. The third kappa shape index (κ3) is 4.70. The summed E-state index contributed by atoms with van der Waals surface area (Å²) in [5.74, 6) is 0.661. The first-order valence-corrected chi connectivity index (χ1v) is 9.16. The Bertz CT molecular complexity index is 712.